The maximum Gasteiger partial charge on any atom is 0.337 e. The summed E-state index contributed by atoms with van der Waals surface area (Å²) in [6.07, 6.45) is 1.69. The maximum absolute atomic E-state index is 11.3. The monoisotopic (exact) mass is 265 g/mol. The van der Waals surface area contributed by atoms with Gasteiger partial charge in [0.1, 0.15) is 4.60 Å². The van der Waals surface area contributed by atoms with Crippen molar-refractivity contribution < 1.29 is 9.53 Å². The number of esters is 1. The van der Waals surface area contributed by atoms with E-state index in [1.54, 1.807) is 18.3 Å². The minimum Gasteiger partial charge on any atom is -0.465 e. The fourth-order valence-corrected chi connectivity index (χ4v) is 1.87. The van der Waals surface area contributed by atoms with Gasteiger partial charge in [-0.3, -0.25) is 0 Å². The van der Waals surface area contributed by atoms with Gasteiger partial charge in [-0.05, 0) is 39.5 Å². The van der Waals surface area contributed by atoms with E-state index in [1.165, 1.54) is 7.11 Å². The third-order valence-electron chi connectivity index (χ3n) is 2.14. The molecule has 4 heteroatoms. The Morgan fingerprint density at radius 3 is 2.93 bits per heavy atom. The van der Waals surface area contributed by atoms with Gasteiger partial charge in [0.15, 0.2) is 0 Å². The lowest BCUT2D eigenvalue weighted by Gasteiger charge is -2.02. The highest BCUT2D eigenvalue weighted by atomic mass is 79.9. The minimum atomic E-state index is -0.329. The van der Waals surface area contributed by atoms with Gasteiger partial charge in [0.05, 0.1) is 12.7 Å². The summed E-state index contributed by atoms with van der Waals surface area (Å²) >= 11 is 3.35. The zero-order valence-corrected chi connectivity index (χ0v) is 9.61. The normalized spacial score (nSPS) is 10.3. The van der Waals surface area contributed by atoms with Crippen molar-refractivity contribution in [3.63, 3.8) is 0 Å². The topological polar surface area (TPSA) is 39.2 Å². The van der Waals surface area contributed by atoms with Gasteiger partial charge in [-0.15, -0.1) is 0 Å². The first-order chi connectivity index (χ1) is 7.22. The van der Waals surface area contributed by atoms with Crippen LogP contribution in [-0.4, -0.2) is 18.1 Å². The average Bonchev–Trinajstić information content (AvgIpc) is 2.28. The summed E-state index contributed by atoms with van der Waals surface area (Å²) < 4.78 is 5.42. The number of ether oxygens (including phenoxy) is 1. The summed E-state index contributed by atoms with van der Waals surface area (Å²) in [5.74, 6) is -0.329. The van der Waals surface area contributed by atoms with Crippen molar-refractivity contribution in [3.05, 3.63) is 40.6 Å². The SMILES string of the molecule is COC(=O)c1ccc2c(Br)nccc2c1. The molecule has 0 saturated carbocycles. The third-order valence-corrected chi connectivity index (χ3v) is 2.77. The molecule has 1 heterocycles. The number of aromatic nitrogens is 1. The number of carbonyl (C=O) groups is 1. The van der Waals surface area contributed by atoms with Crippen molar-refractivity contribution in [3.8, 4) is 0 Å². The lowest BCUT2D eigenvalue weighted by molar-refractivity contribution is 0.0601. The number of hydrogen-bond acceptors (Lipinski definition) is 3. The van der Waals surface area contributed by atoms with Crippen LogP contribution in [0.1, 0.15) is 10.4 Å². The molecule has 2 aromatic rings. The summed E-state index contributed by atoms with van der Waals surface area (Å²) in [6.45, 7) is 0. The van der Waals surface area contributed by atoms with Crippen molar-refractivity contribution in [2.75, 3.05) is 7.11 Å². The fourth-order valence-electron chi connectivity index (χ4n) is 1.39. The summed E-state index contributed by atoms with van der Waals surface area (Å²) in [5.41, 5.74) is 0.545. The molecule has 0 saturated heterocycles. The molecule has 0 atom stereocenters. The molecule has 0 aliphatic carbocycles. The summed E-state index contributed by atoms with van der Waals surface area (Å²) in [4.78, 5) is 15.4. The van der Waals surface area contributed by atoms with Crippen LogP contribution < -0.4 is 0 Å². The van der Waals surface area contributed by atoms with Crippen LogP contribution in [0.4, 0.5) is 0 Å². The molecule has 0 unspecified atom stereocenters. The van der Waals surface area contributed by atoms with E-state index in [-0.39, 0.29) is 5.97 Å². The Balaban J connectivity index is 2.62. The number of halogens is 1. The zero-order valence-electron chi connectivity index (χ0n) is 8.03. The van der Waals surface area contributed by atoms with E-state index in [0.29, 0.717) is 5.56 Å². The second kappa shape index (κ2) is 3.98. The van der Waals surface area contributed by atoms with E-state index in [1.807, 2.05) is 12.1 Å². The van der Waals surface area contributed by atoms with Gasteiger partial charge in [-0.25, -0.2) is 9.78 Å². The highest BCUT2D eigenvalue weighted by Gasteiger charge is 2.06. The maximum atomic E-state index is 11.3. The van der Waals surface area contributed by atoms with Crippen molar-refractivity contribution >= 4 is 32.7 Å². The van der Waals surface area contributed by atoms with Crippen LogP contribution in [0, 0.1) is 0 Å². The van der Waals surface area contributed by atoms with Crippen molar-refractivity contribution in [2.24, 2.45) is 0 Å². The van der Waals surface area contributed by atoms with Crippen LogP contribution in [0.3, 0.4) is 0 Å². The molecule has 1 aromatic carbocycles. The number of nitrogens with zero attached hydrogens (tertiary/aromatic N) is 1. The summed E-state index contributed by atoms with van der Waals surface area (Å²) in [7, 11) is 1.37. The van der Waals surface area contributed by atoms with Gasteiger partial charge in [0, 0.05) is 11.6 Å². The Morgan fingerprint density at radius 2 is 2.20 bits per heavy atom. The average molecular weight is 266 g/mol. The molecule has 0 spiro atoms. The molecule has 0 N–H and O–H groups in total. The van der Waals surface area contributed by atoms with Crippen molar-refractivity contribution in [1.82, 2.24) is 4.98 Å². The van der Waals surface area contributed by atoms with Gasteiger partial charge < -0.3 is 4.74 Å². The van der Waals surface area contributed by atoms with Crippen LogP contribution in [0.2, 0.25) is 0 Å². The van der Waals surface area contributed by atoms with Crippen molar-refractivity contribution in [1.29, 1.82) is 0 Å². The van der Waals surface area contributed by atoms with E-state index >= 15 is 0 Å². The van der Waals surface area contributed by atoms with Gasteiger partial charge in [0.25, 0.3) is 0 Å². The second-order valence-corrected chi connectivity index (χ2v) is 3.78. The first-order valence-corrected chi connectivity index (χ1v) is 5.14. The van der Waals surface area contributed by atoms with Crippen LogP contribution in [0.15, 0.2) is 35.1 Å². The Morgan fingerprint density at radius 1 is 1.40 bits per heavy atom. The van der Waals surface area contributed by atoms with Gasteiger partial charge in [-0.2, -0.15) is 0 Å². The van der Waals surface area contributed by atoms with Gasteiger partial charge in [-0.1, -0.05) is 6.07 Å². The number of benzene rings is 1. The third kappa shape index (κ3) is 1.85. The van der Waals surface area contributed by atoms with Crippen LogP contribution in [0.25, 0.3) is 10.8 Å². The molecule has 1 aromatic heterocycles. The first kappa shape index (κ1) is 10.1. The van der Waals surface area contributed by atoms with Crippen LogP contribution in [-0.2, 0) is 4.74 Å². The molecule has 3 nitrogen and oxygen atoms in total. The molecular formula is C11H8BrNO2. The Labute approximate surface area is 95.2 Å². The smallest absolute Gasteiger partial charge is 0.337 e. The van der Waals surface area contributed by atoms with Crippen LogP contribution in [0.5, 0.6) is 0 Å². The lowest BCUT2D eigenvalue weighted by atomic mass is 10.1. The minimum absolute atomic E-state index is 0.329. The lowest BCUT2D eigenvalue weighted by Crippen LogP contribution is -2.00. The van der Waals surface area contributed by atoms with Gasteiger partial charge in [0.2, 0.25) is 0 Å². The number of rotatable bonds is 1. The Kier molecular flexibility index (Phi) is 2.68. The molecule has 0 aliphatic rings. The van der Waals surface area contributed by atoms with E-state index in [2.05, 4.69) is 25.7 Å². The molecular weight excluding hydrogens is 258 g/mol. The fraction of sp³-hybridized carbons (Fsp3) is 0.0909. The van der Waals surface area contributed by atoms with E-state index in [9.17, 15) is 4.79 Å². The molecule has 0 aliphatic heterocycles. The number of pyridine rings is 1. The van der Waals surface area contributed by atoms with Crippen LogP contribution >= 0.6 is 15.9 Å². The molecule has 2 rings (SSSR count). The summed E-state index contributed by atoms with van der Waals surface area (Å²) in [5, 5.41) is 1.94. The number of fused-ring (bicyclic) bond motifs is 1. The van der Waals surface area contributed by atoms with Gasteiger partial charge >= 0.3 is 5.97 Å². The number of carbonyl (C=O) groups excluding carboxylic acids is 1. The highest BCUT2D eigenvalue weighted by molar-refractivity contribution is 9.10. The zero-order chi connectivity index (χ0) is 10.8. The molecule has 15 heavy (non-hydrogen) atoms. The van der Waals surface area contributed by atoms with E-state index in [4.69, 9.17) is 0 Å². The van der Waals surface area contributed by atoms with Crippen molar-refractivity contribution in [2.45, 2.75) is 0 Å². The summed E-state index contributed by atoms with van der Waals surface area (Å²) in [6, 6.07) is 7.21. The highest BCUT2D eigenvalue weighted by Crippen LogP contribution is 2.22. The van der Waals surface area contributed by atoms with E-state index in [0.717, 1.165) is 15.4 Å². The molecule has 0 radical (unpaired) electrons. The quantitative estimate of drug-likeness (QED) is 0.588. The first-order valence-electron chi connectivity index (χ1n) is 4.35. The standard InChI is InChI=1S/C11H8BrNO2/c1-15-11(14)8-2-3-9-7(6-8)4-5-13-10(9)12/h2-6H,1H3. The number of hydrogen-bond donors (Lipinski definition) is 0. The molecule has 0 amide bonds. The predicted octanol–water partition coefficient (Wildman–Crippen LogP) is 2.78. The number of methoxy groups -OCH3 is 1. The Bertz CT molecular complexity index is 525. The predicted molar refractivity (Wildman–Crippen MR) is 60.8 cm³/mol. The Hall–Kier alpha value is -1.42. The van der Waals surface area contributed by atoms with E-state index < -0.39 is 0 Å². The molecule has 76 valence electrons. The second-order valence-electron chi connectivity index (χ2n) is 3.03. The largest absolute Gasteiger partial charge is 0.465 e. The molecule has 0 fully saturated rings. The molecule has 0 bridgehead atoms.